The summed E-state index contributed by atoms with van der Waals surface area (Å²) in [5.41, 5.74) is 6.72. The van der Waals surface area contributed by atoms with E-state index < -0.39 is 0 Å². The minimum absolute atomic E-state index is 0.502. The van der Waals surface area contributed by atoms with E-state index in [-0.39, 0.29) is 0 Å². The minimum Gasteiger partial charge on any atom is -0.355 e. The van der Waals surface area contributed by atoms with E-state index in [0.29, 0.717) is 17.8 Å². The van der Waals surface area contributed by atoms with Crippen molar-refractivity contribution in [2.75, 3.05) is 5.32 Å². The lowest BCUT2D eigenvalue weighted by molar-refractivity contribution is 0.808. The topological polar surface area (TPSA) is 12.0 Å². The Morgan fingerprint density at radius 1 is 0.682 bits per heavy atom. The Bertz CT molecular complexity index is 580. The highest BCUT2D eigenvalue weighted by Crippen LogP contribution is 2.37. The second-order valence-electron chi connectivity index (χ2n) is 7.03. The molecule has 2 aromatic rings. The number of para-hydroxylation sites is 1. The predicted molar refractivity (Wildman–Crippen MR) is 98.4 cm³/mol. The van der Waals surface area contributed by atoms with Crippen LogP contribution in [0.4, 0.5) is 11.4 Å². The largest absolute Gasteiger partial charge is 0.355 e. The Morgan fingerprint density at radius 3 is 1.59 bits per heavy atom. The zero-order chi connectivity index (χ0) is 16.3. The average molecular weight is 295 g/mol. The lowest BCUT2D eigenvalue weighted by atomic mass is 9.87. The van der Waals surface area contributed by atoms with Crippen LogP contribution in [0.2, 0.25) is 0 Å². The van der Waals surface area contributed by atoms with Crippen molar-refractivity contribution < 1.29 is 0 Å². The van der Waals surface area contributed by atoms with Crippen LogP contribution in [0, 0.1) is 0 Å². The second-order valence-corrected chi connectivity index (χ2v) is 7.03. The summed E-state index contributed by atoms with van der Waals surface area (Å²) < 4.78 is 0. The van der Waals surface area contributed by atoms with Crippen LogP contribution in [0.15, 0.2) is 42.5 Å². The quantitative estimate of drug-likeness (QED) is 0.639. The van der Waals surface area contributed by atoms with Crippen molar-refractivity contribution in [1.82, 2.24) is 0 Å². The molecule has 22 heavy (non-hydrogen) atoms. The third-order valence-electron chi connectivity index (χ3n) is 4.18. The Kier molecular flexibility index (Phi) is 5.28. The van der Waals surface area contributed by atoms with Crippen LogP contribution in [0.1, 0.15) is 76.0 Å². The number of hydrogen-bond donors (Lipinski definition) is 1. The van der Waals surface area contributed by atoms with Crippen LogP contribution in [0.25, 0.3) is 0 Å². The second kappa shape index (κ2) is 7.00. The van der Waals surface area contributed by atoms with Crippen LogP contribution in [-0.4, -0.2) is 0 Å². The number of nitrogens with one attached hydrogen (secondary N) is 1. The van der Waals surface area contributed by atoms with Crippen molar-refractivity contribution in [2.24, 2.45) is 0 Å². The Morgan fingerprint density at radius 2 is 1.18 bits per heavy atom. The fourth-order valence-electron chi connectivity index (χ4n) is 2.77. The first-order valence-corrected chi connectivity index (χ1v) is 8.40. The summed E-state index contributed by atoms with van der Waals surface area (Å²) in [5, 5.41) is 3.67. The van der Waals surface area contributed by atoms with E-state index in [1.54, 1.807) is 0 Å². The number of hydrogen-bond acceptors (Lipinski definition) is 1. The molecular formula is C21H29N. The van der Waals surface area contributed by atoms with E-state index >= 15 is 0 Å². The van der Waals surface area contributed by atoms with E-state index in [1.165, 1.54) is 22.4 Å². The Balaban J connectivity index is 2.58. The van der Waals surface area contributed by atoms with Gasteiger partial charge in [0.15, 0.2) is 0 Å². The van der Waals surface area contributed by atoms with Gasteiger partial charge in [-0.25, -0.2) is 0 Å². The van der Waals surface area contributed by atoms with Gasteiger partial charge in [0.25, 0.3) is 0 Å². The molecule has 0 aliphatic heterocycles. The fraction of sp³-hybridized carbons (Fsp3) is 0.429. The highest BCUT2D eigenvalue weighted by Gasteiger charge is 2.17. The molecule has 0 atom stereocenters. The summed E-state index contributed by atoms with van der Waals surface area (Å²) >= 11 is 0. The summed E-state index contributed by atoms with van der Waals surface area (Å²) in [6, 6.07) is 15.2. The summed E-state index contributed by atoms with van der Waals surface area (Å²) in [5.74, 6) is 1.56. The molecule has 118 valence electrons. The molecule has 0 saturated carbocycles. The molecule has 0 unspecified atom stereocenters. The third-order valence-corrected chi connectivity index (χ3v) is 4.18. The predicted octanol–water partition coefficient (Wildman–Crippen LogP) is 6.80. The van der Waals surface area contributed by atoms with Gasteiger partial charge in [-0.15, -0.1) is 0 Å². The monoisotopic (exact) mass is 295 g/mol. The zero-order valence-corrected chi connectivity index (χ0v) is 14.8. The molecule has 0 fully saturated rings. The first-order chi connectivity index (χ1) is 10.4. The van der Waals surface area contributed by atoms with Crippen molar-refractivity contribution in [1.29, 1.82) is 0 Å². The molecule has 1 nitrogen and oxygen atoms in total. The molecule has 0 saturated heterocycles. The lowest BCUT2D eigenvalue weighted by Crippen LogP contribution is -2.06. The maximum Gasteiger partial charge on any atom is 0.0454 e. The molecule has 1 N–H and O–H groups in total. The molecule has 2 aromatic carbocycles. The summed E-state index contributed by atoms with van der Waals surface area (Å²) in [7, 11) is 0. The van der Waals surface area contributed by atoms with Crippen molar-refractivity contribution >= 4 is 11.4 Å². The molecule has 0 aromatic heterocycles. The van der Waals surface area contributed by atoms with Gasteiger partial charge in [0.05, 0.1) is 0 Å². The van der Waals surface area contributed by atoms with Crippen LogP contribution in [0.5, 0.6) is 0 Å². The van der Waals surface area contributed by atoms with Gasteiger partial charge < -0.3 is 5.32 Å². The first-order valence-electron chi connectivity index (χ1n) is 8.40. The van der Waals surface area contributed by atoms with Gasteiger partial charge in [-0.3, -0.25) is 0 Å². The molecule has 2 rings (SSSR count). The molecular weight excluding hydrogens is 266 g/mol. The van der Waals surface area contributed by atoms with E-state index in [4.69, 9.17) is 0 Å². The molecule has 0 bridgehead atoms. The molecule has 0 aliphatic rings. The van der Waals surface area contributed by atoms with Crippen LogP contribution >= 0.6 is 0 Å². The molecule has 0 heterocycles. The maximum atomic E-state index is 3.67. The first kappa shape index (κ1) is 16.6. The molecule has 0 spiro atoms. The van der Waals surface area contributed by atoms with Crippen molar-refractivity contribution in [2.45, 2.75) is 59.3 Å². The zero-order valence-electron chi connectivity index (χ0n) is 14.8. The highest BCUT2D eigenvalue weighted by molar-refractivity contribution is 5.69. The Hall–Kier alpha value is -1.76. The van der Waals surface area contributed by atoms with Crippen molar-refractivity contribution in [3.05, 3.63) is 59.2 Å². The smallest absolute Gasteiger partial charge is 0.0454 e. The van der Waals surface area contributed by atoms with E-state index in [9.17, 15) is 0 Å². The molecule has 0 aliphatic carbocycles. The highest BCUT2D eigenvalue weighted by atomic mass is 14.9. The molecule has 0 radical (unpaired) electrons. The Labute approximate surface area is 135 Å². The van der Waals surface area contributed by atoms with Gasteiger partial charge >= 0.3 is 0 Å². The van der Waals surface area contributed by atoms with Gasteiger partial charge in [-0.2, -0.15) is 0 Å². The van der Waals surface area contributed by atoms with Crippen molar-refractivity contribution in [3.63, 3.8) is 0 Å². The van der Waals surface area contributed by atoms with Crippen LogP contribution < -0.4 is 5.32 Å². The van der Waals surface area contributed by atoms with Gasteiger partial charge in [0, 0.05) is 11.4 Å². The maximum absolute atomic E-state index is 3.67. The van der Waals surface area contributed by atoms with Gasteiger partial charge in [0.2, 0.25) is 0 Å². The van der Waals surface area contributed by atoms with Crippen LogP contribution in [0.3, 0.4) is 0 Å². The van der Waals surface area contributed by atoms with Gasteiger partial charge in [0.1, 0.15) is 0 Å². The van der Waals surface area contributed by atoms with E-state index in [1.807, 2.05) is 0 Å². The van der Waals surface area contributed by atoms with E-state index in [0.717, 1.165) is 5.69 Å². The fourth-order valence-corrected chi connectivity index (χ4v) is 2.77. The number of benzene rings is 2. The SMILES string of the molecule is CC(C)c1cc(C(C)C)c(Nc2ccccc2)c(C(C)C)c1. The molecule has 0 amide bonds. The summed E-state index contributed by atoms with van der Waals surface area (Å²) in [6.45, 7) is 13.7. The van der Waals surface area contributed by atoms with Gasteiger partial charge in [-0.05, 0) is 46.6 Å². The van der Waals surface area contributed by atoms with Crippen molar-refractivity contribution in [3.8, 4) is 0 Å². The summed E-state index contributed by atoms with van der Waals surface area (Å²) in [4.78, 5) is 0. The standard InChI is InChI=1S/C21H29N/c1-14(2)17-12-19(15(3)4)21(20(13-17)16(5)6)22-18-10-8-7-9-11-18/h7-16,22H,1-6H3. The number of anilines is 2. The lowest BCUT2D eigenvalue weighted by Gasteiger charge is -2.24. The van der Waals surface area contributed by atoms with Crippen LogP contribution in [-0.2, 0) is 0 Å². The summed E-state index contributed by atoms with van der Waals surface area (Å²) in [6.07, 6.45) is 0. The third kappa shape index (κ3) is 3.71. The van der Waals surface area contributed by atoms with Gasteiger partial charge in [-0.1, -0.05) is 71.9 Å². The molecule has 1 heteroatoms. The minimum atomic E-state index is 0.502. The average Bonchev–Trinajstić information content (AvgIpc) is 2.47. The number of rotatable bonds is 5. The van der Waals surface area contributed by atoms with E-state index in [2.05, 4.69) is 89.3 Å². The normalized spacial score (nSPS) is 11.5.